The SMILES string of the molecule is CC1(C)c2ccccc2-c2cc(N(c3ccc4c(c3)-c3ccccc3C43C4CC5CC(C4)CC3C5)c3cccc4c3-c3ccccc3C4(C)C)ccc21. The second-order valence-electron chi connectivity index (χ2n) is 18.6. The predicted octanol–water partition coefficient (Wildman–Crippen LogP) is 13.5. The molecule has 0 atom stereocenters. The summed E-state index contributed by atoms with van der Waals surface area (Å²) in [5.41, 5.74) is 21.1. The summed E-state index contributed by atoms with van der Waals surface area (Å²) < 4.78 is 0. The highest BCUT2D eigenvalue weighted by Crippen LogP contribution is 2.69. The van der Waals surface area contributed by atoms with Gasteiger partial charge in [-0.15, -0.1) is 0 Å². The molecule has 0 radical (unpaired) electrons. The highest BCUT2D eigenvalue weighted by atomic mass is 15.1. The molecule has 53 heavy (non-hydrogen) atoms. The van der Waals surface area contributed by atoms with Crippen LogP contribution in [0.1, 0.15) is 93.2 Å². The average Bonchev–Trinajstić information content (AvgIpc) is 3.69. The number of benzene rings is 6. The Balaban J connectivity index is 1.11. The maximum absolute atomic E-state index is 2.61. The van der Waals surface area contributed by atoms with Crippen LogP contribution in [0, 0.1) is 23.7 Å². The Morgan fingerprint density at radius 2 is 0.868 bits per heavy atom. The summed E-state index contributed by atoms with van der Waals surface area (Å²) in [5.74, 6) is 3.41. The van der Waals surface area contributed by atoms with E-state index in [1.807, 2.05) is 0 Å². The molecule has 7 aliphatic carbocycles. The van der Waals surface area contributed by atoms with Gasteiger partial charge in [0.05, 0.1) is 5.69 Å². The van der Waals surface area contributed by atoms with Crippen LogP contribution < -0.4 is 4.90 Å². The first-order valence-corrected chi connectivity index (χ1v) is 20.3. The Morgan fingerprint density at radius 3 is 1.53 bits per heavy atom. The van der Waals surface area contributed by atoms with Gasteiger partial charge in [-0.2, -0.15) is 0 Å². The zero-order valence-electron chi connectivity index (χ0n) is 31.4. The quantitative estimate of drug-likeness (QED) is 0.179. The molecule has 1 spiro atoms. The number of hydrogen-bond acceptors (Lipinski definition) is 1. The van der Waals surface area contributed by atoms with Crippen molar-refractivity contribution in [2.24, 2.45) is 23.7 Å². The minimum atomic E-state index is -0.0722. The lowest BCUT2D eigenvalue weighted by atomic mass is 9.43. The molecule has 6 aromatic carbocycles. The Morgan fingerprint density at radius 1 is 0.415 bits per heavy atom. The van der Waals surface area contributed by atoms with E-state index in [-0.39, 0.29) is 16.2 Å². The van der Waals surface area contributed by atoms with Crippen LogP contribution in [0.15, 0.2) is 127 Å². The smallest absolute Gasteiger partial charge is 0.0543 e. The minimum absolute atomic E-state index is 0.0313. The van der Waals surface area contributed by atoms with Crippen molar-refractivity contribution in [3.8, 4) is 33.4 Å². The number of fused-ring (bicyclic) bond motifs is 9. The fraction of sp³-hybridized carbons (Fsp3) is 0.308. The molecular formula is C52H47N. The second-order valence-corrected chi connectivity index (χ2v) is 18.6. The molecule has 0 aliphatic heterocycles. The molecule has 7 aliphatic rings. The lowest BCUT2D eigenvalue weighted by Gasteiger charge is -2.61. The summed E-state index contributed by atoms with van der Waals surface area (Å²) in [6.45, 7) is 9.57. The third-order valence-corrected chi connectivity index (χ3v) is 15.4. The van der Waals surface area contributed by atoms with Gasteiger partial charge in [-0.25, -0.2) is 0 Å². The maximum Gasteiger partial charge on any atom is 0.0543 e. The highest BCUT2D eigenvalue weighted by Gasteiger charge is 2.61. The van der Waals surface area contributed by atoms with Crippen molar-refractivity contribution in [1.82, 2.24) is 0 Å². The summed E-state index contributed by atoms with van der Waals surface area (Å²) in [6, 6.07) is 49.8. The summed E-state index contributed by atoms with van der Waals surface area (Å²) in [6.07, 6.45) is 7.12. The van der Waals surface area contributed by atoms with Gasteiger partial charge in [0.25, 0.3) is 0 Å². The van der Waals surface area contributed by atoms with Crippen LogP contribution in [0.4, 0.5) is 17.1 Å². The first kappa shape index (κ1) is 30.6. The molecule has 0 amide bonds. The van der Waals surface area contributed by atoms with E-state index in [1.165, 1.54) is 105 Å². The van der Waals surface area contributed by atoms with E-state index >= 15 is 0 Å². The molecule has 0 unspecified atom stereocenters. The van der Waals surface area contributed by atoms with Gasteiger partial charge in [-0.1, -0.05) is 125 Å². The van der Waals surface area contributed by atoms with Crippen molar-refractivity contribution in [2.45, 2.75) is 76.0 Å². The molecule has 0 heterocycles. The summed E-state index contributed by atoms with van der Waals surface area (Å²) in [4.78, 5) is 2.61. The standard InChI is InChI=1S/C52H47N/c1-50(2)42-15-8-5-12-37(42)40-29-35(20-22-44(40)50)53(48-19-11-18-47-49(48)39-14-7-9-16-43(39)51(47,3)4)36-21-23-46-41(30-36)38-13-6-10-17-45(38)52(46)33-25-31-24-32(27-33)28-34(52)26-31/h5-23,29-34H,24-28H2,1-4H3. The molecule has 260 valence electrons. The van der Waals surface area contributed by atoms with E-state index in [2.05, 4.69) is 160 Å². The van der Waals surface area contributed by atoms with E-state index < -0.39 is 0 Å². The Hall–Kier alpha value is -4.88. The van der Waals surface area contributed by atoms with Gasteiger partial charge in [-0.3, -0.25) is 0 Å². The van der Waals surface area contributed by atoms with Gasteiger partial charge >= 0.3 is 0 Å². The predicted molar refractivity (Wildman–Crippen MR) is 220 cm³/mol. The van der Waals surface area contributed by atoms with E-state index in [0.717, 1.165) is 23.7 Å². The van der Waals surface area contributed by atoms with Crippen LogP contribution >= 0.6 is 0 Å². The first-order valence-electron chi connectivity index (χ1n) is 20.3. The third-order valence-electron chi connectivity index (χ3n) is 15.4. The highest BCUT2D eigenvalue weighted by molar-refractivity contribution is 5.97. The Kier molecular flexibility index (Phi) is 5.88. The molecule has 4 bridgehead atoms. The van der Waals surface area contributed by atoms with Crippen LogP contribution in [0.3, 0.4) is 0 Å². The lowest BCUT2D eigenvalue weighted by Crippen LogP contribution is -2.55. The van der Waals surface area contributed by atoms with Gasteiger partial charge in [0.15, 0.2) is 0 Å². The molecule has 6 aromatic rings. The van der Waals surface area contributed by atoms with Crippen LogP contribution in [0.5, 0.6) is 0 Å². The molecule has 0 saturated heterocycles. The molecule has 0 N–H and O–H groups in total. The maximum atomic E-state index is 2.61. The minimum Gasteiger partial charge on any atom is -0.310 e. The molecule has 1 heteroatoms. The molecular weight excluding hydrogens is 639 g/mol. The molecule has 0 aromatic heterocycles. The van der Waals surface area contributed by atoms with Gasteiger partial charge in [-0.05, 0) is 147 Å². The van der Waals surface area contributed by atoms with Crippen molar-refractivity contribution in [2.75, 3.05) is 4.90 Å². The second kappa shape index (κ2) is 10.2. The number of nitrogens with zero attached hydrogens (tertiary/aromatic N) is 1. The monoisotopic (exact) mass is 685 g/mol. The molecule has 4 fully saturated rings. The normalized spacial score (nSPS) is 26.5. The van der Waals surface area contributed by atoms with Crippen molar-refractivity contribution >= 4 is 17.1 Å². The van der Waals surface area contributed by atoms with Gasteiger partial charge < -0.3 is 4.90 Å². The van der Waals surface area contributed by atoms with E-state index in [1.54, 1.807) is 11.1 Å². The van der Waals surface area contributed by atoms with E-state index in [0.29, 0.717) is 0 Å². The van der Waals surface area contributed by atoms with Crippen molar-refractivity contribution < 1.29 is 0 Å². The lowest BCUT2D eigenvalue weighted by molar-refractivity contribution is -0.0399. The molecule has 1 nitrogen and oxygen atoms in total. The summed E-state index contributed by atoms with van der Waals surface area (Å²) in [7, 11) is 0. The van der Waals surface area contributed by atoms with Gasteiger partial charge in [0, 0.05) is 33.2 Å². The third kappa shape index (κ3) is 3.74. The average molecular weight is 686 g/mol. The molecule has 13 rings (SSSR count). The van der Waals surface area contributed by atoms with Crippen molar-refractivity contribution in [3.63, 3.8) is 0 Å². The molecule has 4 saturated carbocycles. The van der Waals surface area contributed by atoms with Crippen LogP contribution in [-0.4, -0.2) is 0 Å². The Bertz CT molecular complexity index is 2520. The van der Waals surface area contributed by atoms with Gasteiger partial charge in [0.2, 0.25) is 0 Å². The van der Waals surface area contributed by atoms with Gasteiger partial charge in [0.1, 0.15) is 0 Å². The van der Waals surface area contributed by atoms with Crippen LogP contribution in [0.25, 0.3) is 33.4 Å². The zero-order chi connectivity index (χ0) is 35.4. The van der Waals surface area contributed by atoms with E-state index in [4.69, 9.17) is 0 Å². The fourth-order valence-electron chi connectivity index (χ4n) is 13.5. The van der Waals surface area contributed by atoms with Crippen molar-refractivity contribution in [1.29, 1.82) is 0 Å². The zero-order valence-corrected chi connectivity index (χ0v) is 31.4. The fourth-order valence-corrected chi connectivity index (χ4v) is 13.5. The summed E-state index contributed by atoms with van der Waals surface area (Å²) in [5, 5.41) is 0. The number of anilines is 3. The van der Waals surface area contributed by atoms with Crippen molar-refractivity contribution in [3.05, 3.63) is 161 Å². The largest absolute Gasteiger partial charge is 0.310 e. The number of hydrogen-bond donors (Lipinski definition) is 0. The number of rotatable bonds is 3. The van der Waals surface area contributed by atoms with Crippen LogP contribution in [0.2, 0.25) is 0 Å². The van der Waals surface area contributed by atoms with Crippen LogP contribution in [-0.2, 0) is 16.2 Å². The van der Waals surface area contributed by atoms with E-state index in [9.17, 15) is 0 Å². The Labute approximate surface area is 314 Å². The first-order chi connectivity index (χ1) is 25.8. The summed E-state index contributed by atoms with van der Waals surface area (Å²) >= 11 is 0. The topological polar surface area (TPSA) is 3.24 Å².